The highest BCUT2D eigenvalue weighted by Crippen LogP contribution is 2.33. The Morgan fingerprint density at radius 1 is 0.917 bits per heavy atom. The first kappa shape index (κ1) is 15.5. The summed E-state index contributed by atoms with van der Waals surface area (Å²) in [5.41, 5.74) is 4.15. The summed E-state index contributed by atoms with van der Waals surface area (Å²) in [6.07, 6.45) is 1.15. The van der Waals surface area contributed by atoms with E-state index < -0.39 is 0 Å². The van der Waals surface area contributed by atoms with Crippen LogP contribution >= 0.6 is 0 Å². The second-order valence-corrected chi connectivity index (χ2v) is 6.45. The summed E-state index contributed by atoms with van der Waals surface area (Å²) >= 11 is 0. The van der Waals surface area contributed by atoms with Crippen molar-refractivity contribution in [1.29, 1.82) is 0 Å². The number of fused-ring (bicyclic) bond motifs is 2. The van der Waals surface area contributed by atoms with Crippen LogP contribution in [0.2, 0.25) is 0 Å². The van der Waals surface area contributed by atoms with Gasteiger partial charge >= 0.3 is 0 Å². The second kappa shape index (κ2) is 7.24. The number of ether oxygens (including phenoxy) is 2. The van der Waals surface area contributed by atoms with Gasteiger partial charge in [0.25, 0.3) is 0 Å². The minimum absolute atomic E-state index is 0.638. The zero-order valence-corrected chi connectivity index (χ0v) is 14.0. The molecule has 4 rings (SSSR count). The monoisotopic (exact) mass is 324 g/mol. The molecule has 4 nitrogen and oxygen atoms in total. The van der Waals surface area contributed by atoms with Crippen LogP contribution in [0.3, 0.4) is 0 Å². The van der Waals surface area contributed by atoms with Crippen molar-refractivity contribution in [2.45, 2.75) is 26.1 Å². The summed E-state index contributed by atoms with van der Waals surface area (Å²) in [6, 6.07) is 14.9. The summed E-state index contributed by atoms with van der Waals surface area (Å²) in [7, 11) is 0. The molecule has 0 radical (unpaired) electrons. The molecule has 4 heteroatoms. The first-order valence-electron chi connectivity index (χ1n) is 8.77. The molecule has 126 valence electrons. The molecular formula is C20H24N2O2. The standard InChI is InChI=1S/C20H24N2O2/c1-2-6-18-15-22(14-17(18)5-1)10-4-9-21-13-16-7-3-8-19-20(16)24-12-11-23-19/h1-3,5-8,21H,4,9-15H2. The molecule has 0 amide bonds. The Morgan fingerprint density at radius 3 is 2.54 bits per heavy atom. The zero-order valence-electron chi connectivity index (χ0n) is 14.0. The molecule has 0 aromatic heterocycles. The van der Waals surface area contributed by atoms with E-state index in [1.54, 1.807) is 0 Å². The van der Waals surface area contributed by atoms with Crippen LogP contribution in [0.4, 0.5) is 0 Å². The lowest BCUT2D eigenvalue weighted by Gasteiger charge is -2.21. The van der Waals surface area contributed by atoms with Gasteiger partial charge in [0, 0.05) is 31.7 Å². The van der Waals surface area contributed by atoms with Crippen LogP contribution in [0.25, 0.3) is 0 Å². The number of hydrogen-bond acceptors (Lipinski definition) is 4. The lowest BCUT2D eigenvalue weighted by atomic mass is 10.1. The van der Waals surface area contributed by atoms with Gasteiger partial charge in [-0.05, 0) is 30.2 Å². The molecule has 0 unspecified atom stereocenters. The van der Waals surface area contributed by atoms with E-state index in [9.17, 15) is 0 Å². The van der Waals surface area contributed by atoms with E-state index in [-0.39, 0.29) is 0 Å². The third-order valence-corrected chi connectivity index (χ3v) is 4.70. The van der Waals surface area contributed by atoms with Crippen molar-refractivity contribution in [1.82, 2.24) is 10.2 Å². The molecule has 2 heterocycles. The van der Waals surface area contributed by atoms with E-state index in [0.717, 1.165) is 50.6 Å². The van der Waals surface area contributed by atoms with Crippen LogP contribution in [0.1, 0.15) is 23.1 Å². The highest BCUT2D eigenvalue weighted by atomic mass is 16.6. The molecule has 0 atom stereocenters. The molecular weight excluding hydrogens is 300 g/mol. The molecule has 2 aliphatic heterocycles. The fourth-order valence-electron chi connectivity index (χ4n) is 3.49. The highest BCUT2D eigenvalue weighted by molar-refractivity contribution is 5.47. The van der Waals surface area contributed by atoms with Crippen molar-refractivity contribution in [3.8, 4) is 11.5 Å². The topological polar surface area (TPSA) is 33.7 Å². The summed E-state index contributed by atoms with van der Waals surface area (Å²) < 4.78 is 11.4. The van der Waals surface area contributed by atoms with Gasteiger partial charge in [0.15, 0.2) is 11.5 Å². The maximum Gasteiger partial charge on any atom is 0.165 e. The third kappa shape index (κ3) is 3.40. The van der Waals surface area contributed by atoms with E-state index in [1.807, 2.05) is 12.1 Å². The zero-order chi connectivity index (χ0) is 16.2. The average molecular weight is 324 g/mol. The molecule has 0 saturated carbocycles. The molecule has 1 N–H and O–H groups in total. The van der Waals surface area contributed by atoms with Gasteiger partial charge in [-0.2, -0.15) is 0 Å². The smallest absolute Gasteiger partial charge is 0.165 e. The Bertz CT molecular complexity index is 677. The van der Waals surface area contributed by atoms with Crippen LogP contribution in [-0.2, 0) is 19.6 Å². The van der Waals surface area contributed by atoms with Crippen molar-refractivity contribution in [3.63, 3.8) is 0 Å². The average Bonchev–Trinajstić information content (AvgIpc) is 3.04. The minimum atomic E-state index is 0.638. The van der Waals surface area contributed by atoms with Gasteiger partial charge in [0.05, 0.1) is 0 Å². The van der Waals surface area contributed by atoms with Crippen molar-refractivity contribution in [2.75, 3.05) is 26.3 Å². The van der Waals surface area contributed by atoms with Gasteiger partial charge in [-0.15, -0.1) is 0 Å². The fraction of sp³-hybridized carbons (Fsp3) is 0.400. The van der Waals surface area contributed by atoms with Crippen molar-refractivity contribution >= 4 is 0 Å². The van der Waals surface area contributed by atoms with E-state index in [4.69, 9.17) is 9.47 Å². The molecule has 0 bridgehead atoms. The number of hydrogen-bond donors (Lipinski definition) is 1. The first-order valence-corrected chi connectivity index (χ1v) is 8.77. The normalized spacial score (nSPS) is 16.2. The quantitative estimate of drug-likeness (QED) is 0.829. The lowest BCUT2D eigenvalue weighted by molar-refractivity contribution is 0.169. The number of benzene rings is 2. The van der Waals surface area contributed by atoms with E-state index in [0.29, 0.717) is 13.2 Å². The Balaban J connectivity index is 1.21. The largest absolute Gasteiger partial charge is 0.486 e. The minimum Gasteiger partial charge on any atom is -0.486 e. The van der Waals surface area contributed by atoms with E-state index >= 15 is 0 Å². The third-order valence-electron chi connectivity index (χ3n) is 4.70. The van der Waals surface area contributed by atoms with Crippen molar-refractivity contribution < 1.29 is 9.47 Å². The Hall–Kier alpha value is -2.04. The molecule has 0 spiro atoms. The summed E-state index contributed by atoms with van der Waals surface area (Å²) in [5, 5.41) is 3.53. The molecule has 2 aliphatic rings. The fourth-order valence-corrected chi connectivity index (χ4v) is 3.49. The predicted molar refractivity (Wildman–Crippen MR) is 94.3 cm³/mol. The van der Waals surface area contributed by atoms with Gasteiger partial charge in [0.1, 0.15) is 13.2 Å². The number of rotatable bonds is 6. The van der Waals surface area contributed by atoms with Crippen molar-refractivity contribution in [3.05, 3.63) is 59.2 Å². The number of nitrogens with one attached hydrogen (secondary N) is 1. The highest BCUT2D eigenvalue weighted by Gasteiger charge is 2.17. The van der Waals surface area contributed by atoms with Crippen LogP contribution in [-0.4, -0.2) is 31.2 Å². The van der Waals surface area contributed by atoms with Gasteiger partial charge < -0.3 is 14.8 Å². The predicted octanol–water partition coefficient (Wildman–Crippen LogP) is 2.95. The lowest BCUT2D eigenvalue weighted by Crippen LogP contribution is -2.24. The second-order valence-electron chi connectivity index (χ2n) is 6.45. The van der Waals surface area contributed by atoms with E-state index in [2.05, 4.69) is 40.5 Å². The van der Waals surface area contributed by atoms with Crippen LogP contribution in [0, 0.1) is 0 Å². The molecule has 2 aromatic carbocycles. The maximum atomic E-state index is 5.76. The number of para-hydroxylation sites is 1. The molecule has 0 fully saturated rings. The van der Waals surface area contributed by atoms with Crippen molar-refractivity contribution in [2.24, 2.45) is 0 Å². The SMILES string of the molecule is c1ccc2c(c1)CN(CCCNCc1cccc3c1OCCO3)C2. The van der Waals surface area contributed by atoms with Crippen LogP contribution in [0.5, 0.6) is 11.5 Å². The molecule has 2 aromatic rings. The number of nitrogens with zero attached hydrogens (tertiary/aromatic N) is 1. The summed E-state index contributed by atoms with van der Waals surface area (Å²) in [6.45, 7) is 6.43. The van der Waals surface area contributed by atoms with Gasteiger partial charge in [-0.1, -0.05) is 36.4 Å². The van der Waals surface area contributed by atoms with Gasteiger partial charge in [-0.25, -0.2) is 0 Å². The van der Waals surface area contributed by atoms with Crippen LogP contribution < -0.4 is 14.8 Å². The molecule has 24 heavy (non-hydrogen) atoms. The molecule has 0 aliphatic carbocycles. The van der Waals surface area contributed by atoms with Crippen LogP contribution in [0.15, 0.2) is 42.5 Å². The molecule has 0 saturated heterocycles. The Kier molecular flexibility index (Phi) is 4.67. The maximum absolute atomic E-state index is 5.76. The Morgan fingerprint density at radius 2 is 1.71 bits per heavy atom. The van der Waals surface area contributed by atoms with E-state index in [1.165, 1.54) is 16.7 Å². The van der Waals surface area contributed by atoms with Gasteiger partial charge in [0.2, 0.25) is 0 Å². The Labute approximate surface area is 143 Å². The summed E-state index contributed by atoms with van der Waals surface area (Å²) in [4.78, 5) is 2.52. The summed E-state index contributed by atoms with van der Waals surface area (Å²) in [5.74, 6) is 1.78. The van der Waals surface area contributed by atoms with Gasteiger partial charge in [-0.3, -0.25) is 4.90 Å². The first-order chi connectivity index (χ1) is 11.9.